The first kappa shape index (κ1) is 19.4. The molecule has 0 bridgehead atoms. The van der Waals surface area contributed by atoms with Crippen molar-refractivity contribution in [3.63, 3.8) is 0 Å². The van der Waals surface area contributed by atoms with Crippen molar-refractivity contribution in [1.82, 2.24) is 20.1 Å². The summed E-state index contributed by atoms with van der Waals surface area (Å²) in [5.74, 6) is 0.545. The first-order chi connectivity index (χ1) is 11.9. The molecule has 0 spiro atoms. The van der Waals surface area contributed by atoms with E-state index in [0.717, 1.165) is 30.6 Å². The summed E-state index contributed by atoms with van der Waals surface area (Å²) in [5, 5.41) is 2.89. The smallest absolute Gasteiger partial charge is 0.237 e. The van der Waals surface area contributed by atoms with E-state index >= 15 is 0 Å². The summed E-state index contributed by atoms with van der Waals surface area (Å²) >= 11 is 0. The average molecular weight is 346 g/mol. The minimum Gasteiger partial charge on any atom is -0.353 e. The van der Waals surface area contributed by atoms with Crippen molar-refractivity contribution in [2.24, 2.45) is 5.92 Å². The van der Waals surface area contributed by atoms with Crippen LogP contribution in [0.2, 0.25) is 0 Å². The lowest BCUT2D eigenvalue weighted by molar-refractivity contribution is -0.138. The maximum atomic E-state index is 12.7. The van der Waals surface area contributed by atoms with Crippen LogP contribution in [0.4, 0.5) is 0 Å². The second-order valence-electron chi connectivity index (χ2n) is 7.28. The van der Waals surface area contributed by atoms with E-state index in [1.165, 1.54) is 0 Å². The van der Waals surface area contributed by atoms with Gasteiger partial charge in [0.05, 0.1) is 12.5 Å². The van der Waals surface area contributed by atoms with Gasteiger partial charge in [-0.2, -0.15) is 0 Å². The predicted molar refractivity (Wildman–Crippen MR) is 97.9 cm³/mol. The molecule has 1 aliphatic heterocycles. The molecule has 1 N–H and O–H groups in total. The van der Waals surface area contributed by atoms with Crippen molar-refractivity contribution >= 4 is 11.8 Å². The summed E-state index contributed by atoms with van der Waals surface area (Å²) in [5.41, 5.74) is 2.15. The summed E-state index contributed by atoms with van der Waals surface area (Å²) < 4.78 is 0. The molecule has 1 aromatic heterocycles. The summed E-state index contributed by atoms with van der Waals surface area (Å²) in [4.78, 5) is 32.9. The minimum absolute atomic E-state index is 0.00666. The maximum Gasteiger partial charge on any atom is 0.237 e. The second kappa shape index (κ2) is 8.94. The highest BCUT2D eigenvalue weighted by molar-refractivity contribution is 5.88. The molecule has 1 atom stereocenters. The van der Waals surface area contributed by atoms with Crippen LogP contribution in [0, 0.1) is 12.8 Å². The van der Waals surface area contributed by atoms with Crippen molar-refractivity contribution in [2.45, 2.75) is 46.2 Å². The summed E-state index contributed by atoms with van der Waals surface area (Å²) in [7, 11) is 1.79. The first-order valence-electron chi connectivity index (χ1n) is 9.03. The average Bonchev–Trinajstić information content (AvgIpc) is 2.57. The number of aromatic nitrogens is 1. The molecule has 138 valence electrons. The van der Waals surface area contributed by atoms with Gasteiger partial charge in [-0.1, -0.05) is 13.8 Å². The third kappa shape index (κ3) is 5.53. The summed E-state index contributed by atoms with van der Waals surface area (Å²) in [6.07, 6.45) is 4.80. The van der Waals surface area contributed by atoms with E-state index < -0.39 is 0 Å². The van der Waals surface area contributed by atoms with E-state index in [4.69, 9.17) is 0 Å². The van der Waals surface area contributed by atoms with Crippen LogP contribution in [-0.4, -0.2) is 59.3 Å². The van der Waals surface area contributed by atoms with E-state index in [1.807, 2.05) is 13.0 Å². The Morgan fingerprint density at radius 1 is 1.48 bits per heavy atom. The third-order valence-electron chi connectivity index (χ3n) is 4.77. The standard InChI is InChI=1S/C19H30N4O2/c1-14(2)6-9-23-10-8-21-19(25)17(23)11-18(24)22(4)13-16-5-7-20-12-15(16)3/h5,7,12,14,17H,6,8-11,13H2,1-4H3,(H,21,25). The Labute approximate surface area is 150 Å². The molecule has 0 aromatic carbocycles. The van der Waals surface area contributed by atoms with Crippen molar-refractivity contribution in [2.75, 3.05) is 26.7 Å². The number of amides is 2. The van der Waals surface area contributed by atoms with Crippen LogP contribution in [-0.2, 0) is 16.1 Å². The number of nitrogens with one attached hydrogen (secondary N) is 1. The monoisotopic (exact) mass is 346 g/mol. The summed E-state index contributed by atoms with van der Waals surface area (Å²) in [6, 6.07) is 1.57. The second-order valence-corrected chi connectivity index (χ2v) is 7.28. The van der Waals surface area contributed by atoms with Gasteiger partial charge in [-0.05, 0) is 43.0 Å². The van der Waals surface area contributed by atoms with Crippen molar-refractivity contribution in [3.05, 3.63) is 29.6 Å². The Bertz CT molecular complexity index is 603. The molecule has 2 heterocycles. The largest absolute Gasteiger partial charge is 0.353 e. The predicted octanol–water partition coefficient (Wildman–Crippen LogP) is 1.59. The quantitative estimate of drug-likeness (QED) is 0.814. The number of nitrogens with zero attached hydrogens (tertiary/aromatic N) is 3. The fourth-order valence-corrected chi connectivity index (χ4v) is 3.02. The van der Waals surface area contributed by atoms with Gasteiger partial charge in [-0.3, -0.25) is 19.5 Å². The van der Waals surface area contributed by atoms with E-state index in [1.54, 1.807) is 24.3 Å². The molecule has 2 rings (SSSR count). The molecule has 1 saturated heterocycles. The van der Waals surface area contributed by atoms with Crippen LogP contribution in [0.3, 0.4) is 0 Å². The molecule has 0 radical (unpaired) electrons. The van der Waals surface area contributed by atoms with Gasteiger partial charge in [0, 0.05) is 39.1 Å². The molecule has 0 aliphatic carbocycles. The maximum absolute atomic E-state index is 12.7. The van der Waals surface area contributed by atoms with Crippen LogP contribution in [0.25, 0.3) is 0 Å². The van der Waals surface area contributed by atoms with Gasteiger partial charge < -0.3 is 10.2 Å². The van der Waals surface area contributed by atoms with Crippen LogP contribution in [0.1, 0.15) is 37.8 Å². The molecular formula is C19H30N4O2. The molecule has 0 saturated carbocycles. The zero-order valence-corrected chi connectivity index (χ0v) is 15.8. The molecule has 6 heteroatoms. The van der Waals surface area contributed by atoms with E-state index in [2.05, 4.69) is 29.0 Å². The Morgan fingerprint density at radius 3 is 2.92 bits per heavy atom. The normalized spacial score (nSPS) is 18.3. The number of rotatable bonds is 7. The number of piperazine rings is 1. The first-order valence-corrected chi connectivity index (χ1v) is 9.03. The Balaban J connectivity index is 1.97. The van der Waals surface area contributed by atoms with E-state index in [-0.39, 0.29) is 24.3 Å². The lowest BCUT2D eigenvalue weighted by atomic mass is 10.0. The number of pyridine rings is 1. The van der Waals surface area contributed by atoms with Crippen molar-refractivity contribution in [1.29, 1.82) is 0 Å². The van der Waals surface area contributed by atoms with Crippen LogP contribution < -0.4 is 5.32 Å². The van der Waals surface area contributed by atoms with Gasteiger partial charge in [0.15, 0.2) is 0 Å². The van der Waals surface area contributed by atoms with Crippen LogP contribution in [0.5, 0.6) is 0 Å². The minimum atomic E-state index is -0.360. The Hall–Kier alpha value is -1.95. The van der Waals surface area contributed by atoms with Gasteiger partial charge >= 0.3 is 0 Å². The number of hydrogen-bond donors (Lipinski definition) is 1. The molecule has 1 aliphatic rings. The van der Waals surface area contributed by atoms with Gasteiger partial charge in [0.25, 0.3) is 0 Å². The molecule has 1 fully saturated rings. The highest BCUT2D eigenvalue weighted by Crippen LogP contribution is 2.15. The van der Waals surface area contributed by atoms with E-state index in [0.29, 0.717) is 19.0 Å². The number of hydrogen-bond acceptors (Lipinski definition) is 4. The zero-order chi connectivity index (χ0) is 18.4. The van der Waals surface area contributed by atoms with Crippen molar-refractivity contribution < 1.29 is 9.59 Å². The third-order valence-corrected chi connectivity index (χ3v) is 4.77. The Morgan fingerprint density at radius 2 is 2.24 bits per heavy atom. The topological polar surface area (TPSA) is 65.5 Å². The zero-order valence-electron chi connectivity index (χ0n) is 15.8. The molecule has 6 nitrogen and oxygen atoms in total. The molecule has 2 amide bonds. The molecule has 25 heavy (non-hydrogen) atoms. The van der Waals surface area contributed by atoms with Crippen LogP contribution in [0.15, 0.2) is 18.5 Å². The molecular weight excluding hydrogens is 316 g/mol. The number of carbonyl (C=O) groups excluding carboxylic acids is 2. The Kier molecular flexibility index (Phi) is 6.93. The van der Waals surface area contributed by atoms with Crippen molar-refractivity contribution in [3.8, 4) is 0 Å². The summed E-state index contributed by atoms with van der Waals surface area (Å²) in [6.45, 7) is 9.20. The number of carbonyl (C=O) groups is 2. The fraction of sp³-hybridized carbons (Fsp3) is 0.632. The lowest BCUT2D eigenvalue weighted by Crippen LogP contribution is -2.56. The van der Waals surface area contributed by atoms with Crippen LogP contribution >= 0.6 is 0 Å². The SMILES string of the molecule is Cc1cnccc1CN(C)C(=O)CC1C(=O)NCCN1CCC(C)C. The highest BCUT2D eigenvalue weighted by atomic mass is 16.2. The van der Waals surface area contributed by atoms with Gasteiger partial charge in [0.1, 0.15) is 0 Å². The highest BCUT2D eigenvalue weighted by Gasteiger charge is 2.32. The number of aryl methyl sites for hydroxylation is 1. The van der Waals surface area contributed by atoms with Gasteiger partial charge in [0.2, 0.25) is 11.8 Å². The van der Waals surface area contributed by atoms with E-state index in [9.17, 15) is 9.59 Å². The van der Waals surface area contributed by atoms with Gasteiger partial charge in [-0.25, -0.2) is 0 Å². The van der Waals surface area contributed by atoms with Gasteiger partial charge in [-0.15, -0.1) is 0 Å². The molecule has 1 aromatic rings. The molecule has 1 unspecified atom stereocenters. The lowest BCUT2D eigenvalue weighted by Gasteiger charge is -2.35. The fourth-order valence-electron chi connectivity index (χ4n) is 3.02.